The van der Waals surface area contributed by atoms with Gasteiger partial charge in [0, 0.05) is 41.3 Å². The van der Waals surface area contributed by atoms with Gasteiger partial charge in [0.15, 0.2) is 0 Å². The van der Waals surface area contributed by atoms with Gasteiger partial charge in [-0.2, -0.15) is 13.2 Å². The highest BCUT2D eigenvalue weighted by Gasteiger charge is 2.30. The van der Waals surface area contributed by atoms with Crippen LogP contribution in [0.4, 0.5) is 30.2 Å². The van der Waals surface area contributed by atoms with E-state index < -0.39 is 17.6 Å². The fourth-order valence-corrected chi connectivity index (χ4v) is 3.95. The second-order valence-corrected chi connectivity index (χ2v) is 8.94. The lowest BCUT2D eigenvalue weighted by atomic mass is 10.1. The maximum Gasteiger partial charge on any atom is 0.416 e. The number of alkyl halides is 3. The number of hydrogen-bond donors (Lipinski definition) is 4. The molecule has 39 heavy (non-hydrogen) atoms. The molecule has 1 atom stereocenters. The van der Waals surface area contributed by atoms with Crippen LogP contribution in [0.25, 0.3) is 0 Å². The van der Waals surface area contributed by atoms with Crippen LogP contribution in [-0.4, -0.2) is 43.5 Å². The number of rotatable bonds is 9. The van der Waals surface area contributed by atoms with Crippen molar-refractivity contribution in [3.8, 4) is 0 Å². The molecule has 8 nitrogen and oxygen atoms in total. The van der Waals surface area contributed by atoms with Gasteiger partial charge in [0.1, 0.15) is 0 Å². The lowest BCUT2D eigenvalue weighted by Gasteiger charge is -2.12. The fraction of sp³-hybridized carbons (Fsp3) is 0.250. The molecule has 4 N–H and O–H groups in total. The maximum absolute atomic E-state index is 12.9. The van der Waals surface area contributed by atoms with E-state index in [2.05, 4.69) is 21.3 Å². The van der Waals surface area contributed by atoms with Gasteiger partial charge in [-0.3, -0.25) is 14.4 Å². The summed E-state index contributed by atoms with van der Waals surface area (Å²) in [5, 5.41) is 10.9. The van der Waals surface area contributed by atoms with Crippen LogP contribution in [0.5, 0.6) is 0 Å². The zero-order valence-electron chi connectivity index (χ0n) is 20.8. The summed E-state index contributed by atoms with van der Waals surface area (Å²) >= 11 is 0. The van der Waals surface area contributed by atoms with E-state index >= 15 is 0 Å². The molecule has 3 aromatic rings. The quantitative estimate of drug-likeness (QED) is 0.308. The lowest BCUT2D eigenvalue weighted by molar-refractivity contribution is -0.137. The number of benzene rings is 3. The molecule has 0 saturated carbocycles. The summed E-state index contributed by atoms with van der Waals surface area (Å²) in [6.07, 6.45) is -2.55. The summed E-state index contributed by atoms with van der Waals surface area (Å²) in [5.74, 6) is -1.17. The average Bonchev–Trinajstić information content (AvgIpc) is 3.45. The van der Waals surface area contributed by atoms with Crippen molar-refractivity contribution in [1.82, 2.24) is 5.32 Å². The second kappa shape index (κ2) is 12.4. The summed E-state index contributed by atoms with van der Waals surface area (Å²) in [6, 6.07) is 17.1. The summed E-state index contributed by atoms with van der Waals surface area (Å²) in [6.45, 7) is 1.06. The Morgan fingerprint density at radius 1 is 0.821 bits per heavy atom. The molecule has 204 valence electrons. The zero-order chi connectivity index (χ0) is 27.8. The first-order valence-corrected chi connectivity index (χ1v) is 12.3. The van der Waals surface area contributed by atoms with Crippen molar-refractivity contribution >= 4 is 34.8 Å². The summed E-state index contributed by atoms with van der Waals surface area (Å²) < 4.78 is 44.3. The van der Waals surface area contributed by atoms with E-state index in [4.69, 9.17) is 4.74 Å². The SMILES string of the molecule is O=C(CNc1cccc(C(=O)Nc2cccc(C(F)(F)F)c2)c1)Nc1ccc(C(=O)NCC2CCCO2)cc1. The Morgan fingerprint density at radius 3 is 2.28 bits per heavy atom. The molecule has 3 amide bonds. The van der Waals surface area contributed by atoms with Crippen LogP contribution in [0, 0.1) is 0 Å². The predicted octanol–water partition coefficient (Wildman–Crippen LogP) is 4.92. The van der Waals surface area contributed by atoms with Crippen LogP contribution >= 0.6 is 0 Å². The van der Waals surface area contributed by atoms with Crippen molar-refractivity contribution in [3.05, 3.63) is 89.5 Å². The average molecular weight is 541 g/mol. The lowest BCUT2D eigenvalue weighted by Crippen LogP contribution is -2.31. The van der Waals surface area contributed by atoms with Crippen LogP contribution < -0.4 is 21.3 Å². The highest BCUT2D eigenvalue weighted by molar-refractivity contribution is 6.05. The molecule has 0 aliphatic carbocycles. The number of anilines is 3. The number of nitrogens with one attached hydrogen (secondary N) is 4. The molecule has 1 fully saturated rings. The van der Waals surface area contributed by atoms with Crippen LogP contribution in [0.1, 0.15) is 39.1 Å². The van der Waals surface area contributed by atoms with Crippen LogP contribution in [0.15, 0.2) is 72.8 Å². The van der Waals surface area contributed by atoms with Crippen molar-refractivity contribution < 1.29 is 32.3 Å². The van der Waals surface area contributed by atoms with Gasteiger partial charge in [0.25, 0.3) is 11.8 Å². The zero-order valence-corrected chi connectivity index (χ0v) is 20.8. The minimum absolute atomic E-state index is 0.0129. The van der Waals surface area contributed by atoms with E-state index in [0.717, 1.165) is 25.0 Å². The smallest absolute Gasteiger partial charge is 0.376 e. The van der Waals surface area contributed by atoms with Crippen LogP contribution in [0.3, 0.4) is 0 Å². The Bertz CT molecular complexity index is 1320. The molecule has 1 saturated heterocycles. The Hall–Kier alpha value is -4.38. The molecule has 0 radical (unpaired) electrons. The van der Waals surface area contributed by atoms with Crippen molar-refractivity contribution in [1.29, 1.82) is 0 Å². The molecule has 1 heterocycles. The van der Waals surface area contributed by atoms with Gasteiger partial charge in [-0.15, -0.1) is 0 Å². The summed E-state index contributed by atoms with van der Waals surface area (Å²) in [5.41, 5.74) is 0.787. The molecule has 11 heteroatoms. The Morgan fingerprint density at radius 2 is 1.56 bits per heavy atom. The molecule has 1 unspecified atom stereocenters. The molecular formula is C28H27F3N4O4. The Balaban J connectivity index is 1.26. The van der Waals surface area contributed by atoms with Gasteiger partial charge in [-0.05, 0) is 73.5 Å². The van der Waals surface area contributed by atoms with Crippen LogP contribution in [-0.2, 0) is 15.7 Å². The summed E-state index contributed by atoms with van der Waals surface area (Å²) in [7, 11) is 0. The van der Waals surface area contributed by atoms with Gasteiger partial charge >= 0.3 is 6.18 Å². The van der Waals surface area contributed by atoms with Gasteiger partial charge in [-0.25, -0.2) is 0 Å². The minimum Gasteiger partial charge on any atom is -0.376 e. The molecule has 4 rings (SSSR count). The number of ether oxygens (including phenoxy) is 1. The van der Waals surface area contributed by atoms with E-state index in [1.165, 1.54) is 24.3 Å². The Labute approximate surface area is 222 Å². The second-order valence-electron chi connectivity index (χ2n) is 8.94. The molecule has 3 aromatic carbocycles. The third-order valence-corrected chi connectivity index (χ3v) is 5.97. The Kier molecular flexibility index (Phi) is 8.82. The molecular weight excluding hydrogens is 513 g/mol. The van der Waals surface area contributed by atoms with E-state index in [9.17, 15) is 27.6 Å². The third-order valence-electron chi connectivity index (χ3n) is 5.97. The standard InChI is InChI=1S/C28H27F3N4O4/c29-28(30,31)20-5-2-7-23(15-20)35-27(38)19-4-1-6-22(14-19)32-17-25(36)34-21-11-9-18(10-12-21)26(37)33-16-24-8-3-13-39-24/h1-2,4-7,9-12,14-15,24,32H,3,8,13,16-17H2,(H,33,37)(H,34,36)(H,35,38). The third kappa shape index (κ3) is 8.05. The van der Waals surface area contributed by atoms with Gasteiger partial charge < -0.3 is 26.0 Å². The number of halogens is 3. The van der Waals surface area contributed by atoms with Gasteiger partial charge in [0.05, 0.1) is 18.2 Å². The number of carbonyl (C=O) groups is 3. The van der Waals surface area contributed by atoms with Crippen molar-refractivity contribution in [2.75, 3.05) is 35.6 Å². The minimum atomic E-state index is -4.52. The molecule has 0 bridgehead atoms. The first kappa shape index (κ1) is 27.6. The first-order valence-electron chi connectivity index (χ1n) is 12.3. The maximum atomic E-state index is 12.9. The van der Waals surface area contributed by atoms with E-state index in [0.29, 0.717) is 30.1 Å². The normalized spacial score (nSPS) is 14.9. The topological polar surface area (TPSA) is 109 Å². The van der Waals surface area contributed by atoms with Crippen molar-refractivity contribution in [2.45, 2.75) is 25.1 Å². The number of hydrogen-bond acceptors (Lipinski definition) is 5. The number of amides is 3. The first-order chi connectivity index (χ1) is 18.7. The molecule has 1 aliphatic heterocycles. The van der Waals surface area contributed by atoms with E-state index in [-0.39, 0.29) is 35.7 Å². The highest BCUT2D eigenvalue weighted by Crippen LogP contribution is 2.30. The molecule has 0 aromatic heterocycles. The fourth-order valence-electron chi connectivity index (χ4n) is 3.95. The van der Waals surface area contributed by atoms with Crippen LogP contribution in [0.2, 0.25) is 0 Å². The van der Waals surface area contributed by atoms with E-state index in [1.807, 2.05) is 0 Å². The predicted molar refractivity (Wildman–Crippen MR) is 141 cm³/mol. The molecule has 1 aliphatic rings. The number of carbonyl (C=O) groups excluding carboxylic acids is 3. The van der Waals surface area contributed by atoms with Crippen molar-refractivity contribution in [3.63, 3.8) is 0 Å². The largest absolute Gasteiger partial charge is 0.416 e. The van der Waals surface area contributed by atoms with E-state index in [1.54, 1.807) is 36.4 Å². The summed E-state index contributed by atoms with van der Waals surface area (Å²) in [4.78, 5) is 37.2. The van der Waals surface area contributed by atoms with Gasteiger partial charge in [-0.1, -0.05) is 12.1 Å². The monoisotopic (exact) mass is 540 g/mol. The van der Waals surface area contributed by atoms with Crippen molar-refractivity contribution in [2.24, 2.45) is 0 Å². The van der Waals surface area contributed by atoms with Gasteiger partial charge in [0.2, 0.25) is 5.91 Å². The highest BCUT2D eigenvalue weighted by atomic mass is 19.4. The molecule has 0 spiro atoms.